The minimum Gasteiger partial charge on any atom is -0.336 e. The standard InChI is InChI=1S/C22H26N4O4S/c27-21-12-9-16-14-19(10-11-20(16)25-21)31(29,30)26-13-5-4-8-18(26)15-23-22(28)24-17-6-2-1-3-7-17/h1-3,6-7,10-11,14,18H,4-5,8-9,12-13,15H2,(H,25,27)(H2,23,24,28)/t18-/m1/s1. The predicted octanol–water partition coefficient (Wildman–Crippen LogP) is 2.94. The maximum absolute atomic E-state index is 13.4. The highest BCUT2D eigenvalue weighted by atomic mass is 32.2. The molecule has 0 aliphatic carbocycles. The van der Waals surface area contributed by atoms with Gasteiger partial charge in [0.2, 0.25) is 15.9 Å². The first-order valence-electron chi connectivity index (χ1n) is 10.5. The fourth-order valence-electron chi connectivity index (χ4n) is 4.06. The fraction of sp³-hybridized carbons (Fsp3) is 0.364. The Balaban J connectivity index is 1.46. The van der Waals surface area contributed by atoms with E-state index in [9.17, 15) is 18.0 Å². The van der Waals surface area contributed by atoms with Crippen molar-refractivity contribution < 1.29 is 18.0 Å². The number of piperidine rings is 1. The van der Waals surface area contributed by atoms with E-state index in [1.807, 2.05) is 18.2 Å². The smallest absolute Gasteiger partial charge is 0.319 e. The van der Waals surface area contributed by atoms with Crippen molar-refractivity contribution in [2.45, 2.75) is 43.0 Å². The normalized spacial score (nSPS) is 19.2. The molecule has 0 unspecified atom stereocenters. The zero-order chi connectivity index (χ0) is 21.8. The average Bonchev–Trinajstić information content (AvgIpc) is 2.78. The van der Waals surface area contributed by atoms with Crippen molar-refractivity contribution in [2.75, 3.05) is 23.7 Å². The van der Waals surface area contributed by atoms with Gasteiger partial charge in [-0.2, -0.15) is 4.31 Å². The van der Waals surface area contributed by atoms with Crippen molar-refractivity contribution in [1.82, 2.24) is 9.62 Å². The van der Waals surface area contributed by atoms with E-state index in [4.69, 9.17) is 0 Å². The van der Waals surface area contributed by atoms with Gasteiger partial charge in [0.1, 0.15) is 0 Å². The Bertz CT molecular complexity index is 1070. The lowest BCUT2D eigenvalue weighted by atomic mass is 10.0. The maximum Gasteiger partial charge on any atom is 0.319 e. The summed E-state index contributed by atoms with van der Waals surface area (Å²) in [5.74, 6) is -0.0564. The highest BCUT2D eigenvalue weighted by molar-refractivity contribution is 7.89. The van der Waals surface area contributed by atoms with Crippen molar-refractivity contribution in [3.8, 4) is 0 Å². The molecule has 2 heterocycles. The molecule has 9 heteroatoms. The Labute approximate surface area is 182 Å². The molecule has 2 aromatic rings. The van der Waals surface area contributed by atoms with Crippen LogP contribution in [0.5, 0.6) is 0 Å². The molecule has 4 rings (SSSR count). The SMILES string of the molecule is O=C1CCc2cc(S(=O)(=O)N3CCCC[C@@H]3CNC(=O)Nc3ccccc3)ccc2N1. The van der Waals surface area contributed by atoms with E-state index < -0.39 is 10.0 Å². The average molecular weight is 443 g/mol. The number of hydrogen-bond acceptors (Lipinski definition) is 4. The summed E-state index contributed by atoms with van der Waals surface area (Å²) < 4.78 is 28.3. The van der Waals surface area contributed by atoms with Gasteiger partial charge in [-0.05, 0) is 55.2 Å². The van der Waals surface area contributed by atoms with Crippen LogP contribution in [0.15, 0.2) is 53.4 Å². The van der Waals surface area contributed by atoms with Crippen LogP contribution in [-0.2, 0) is 21.2 Å². The topological polar surface area (TPSA) is 108 Å². The molecule has 0 bridgehead atoms. The van der Waals surface area contributed by atoms with Crippen LogP contribution in [0.4, 0.5) is 16.2 Å². The van der Waals surface area contributed by atoms with E-state index in [1.54, 1.807) is 30.3 Å². The summed E-state index contributed by atoms with van der Waals surface area (Å²) in [5, 5.41) is 8.34. The number of hydrogen-bond donors (Lipinski definition) is 3. The molecule has 164 valence electrons. The number of fused-ring (bicyclic) bond motifs is 1. The van der Waals surface area contributed by atoms with Crippen LogP contribution in [0, 0.1) is 0 Å². The fourth-order valence-corrected chi connectivity index (χ4v) is 5.80. The maximum atomic E-state index is 13.4. The van der Waals surface area contributed by atoms with Crippen LogP contribution in [0.2, 0.25) is 0 Å². The van der Waals surface area contributed by atoms with Gasteiger partial charge in [0.05, 0.1) is 4.90 Å². The third-order valence-electron chi connectivity index (χ3n) is 5.68. The molecule has 1 fully saturated rings. The van der Waals surface area contributed by atoms with Crippen molar-refractivity contribution in [2.24, 2.45) is 0 Å². The Hall–Kier alpha value is -2.91. The van der Waals surface area contributed by atoms with Crippen LogP contribution in [0.1, 0.15) is 31.2 Å². The molecule has 3 amide bonds. The van der Waals surface area contributed by atoms with Crippen LogP contribution >= 0.6 is 0 Å². The first-order chi connectivity index (χ1) is 14.9. The quantitative estimate of drug-likeness (QED) is 0.662. The Morgan fingerprint density at radius 2 is 1.90 bits per heavy atom. The zero-order valence-electron chi connectivity index (χ0n) is 17.1. The Morgan fingerprint density at radius 1 is 1.10 bits per heavy atom. The molecule has 1 atom stereocenters. The van der Waals surface area contributed by atoms with Crippen LogP contribution in [-0.4, -0.2) is 43.8 Å². The van der Waals surface area contributed by atoms with Crippen molar-refractivity contribution in [3.05, 3.63) is 54.1 Å². The van der Waals surface area contributed by atoms with Crippen LogP contribution in [0.25, 0.3) is 0 Å². The second-order valence-corrected chi connectivity index (χ2v) is 9.72. The molecule has 2 aromatic carbocycles. The number of carbonyl (C=O) groups is 2. The lowest BCUT2D eigenvalue weighted by molar-refractivity contribution is -0.116. The molecule has 3 N–H and O–H groups in total. The predicted molar refractivity (Wildman–Crippen MR) is 118 cm³/mol. The summed E-state index contributed by atoms with van der Waals surface area (Å²) in [6.07, 6.45) is 3.26. The monoisotopic (exact) mass is 442 g/mol. The van der Waals surface area contributed by atoms with Gasteiger partial charge < -0.3 is 16.0 Å². The molecule has 2 aliphatic heterocycles. The molecule has 0 spiro atoms. The highest BCUT2D eigenvalue weighted by Gasteiger charge is 2.34. The Morgan fingerprint density at radius 3 is 2.71 bits per heavy atom. The number of benzene rings is 2. The number of rotatable bonds is 5. The lowest BCUT2D eigenvalue weighted by Gasteiger charge is -2.35. The first kappa shape index (κ1) is 21.3. The molecule has 31 heavy (non-hydrogen) atoms. The van der Waals surface area contributed by atoms with Gasteiger partial charge in [-0.15, -0.1) is 0 Å². The van der Waals surface area contributed by atoms with Gasteiger partial charge in [-0.3, -0.25) is 4.79 Å². The van der Waals surface area contributed by atoms with Crippen molar-refractivity contribution in [3.63, 3.8) is 0 Å². The van der Waals surface area contributed by atoms with Gasteiger partial charge in [0.25, 0.3) is 0 Å². The molecule has 0 aromatic heterocycles. The number of carbonyl (C=O) groups excluding carboxylic acids is 2. The molecule has 2 aliphatic rings. The van der Waals surface area contributed by atoms with Crippen molar-refractivity contribution >= 4 is 33.3 Å². The van der Waals surface area contributed by atoms with Crippen LogP contribution < -0.4 is 16.0 Å². The summed E-state index contributed by atoms with van der Waals surface area (Å²) >= 11 is 0. The zero-order valence-corrected chi connectivity index (χ0v) is 18.0. The second-order valence-electron chi connectivity index (χ2n) is 7.83. The Kier molecular flexibility index (Phi) is 6.24. The summed E-state index contributed by atoms with van der Waals surface area (Å²) in [6.45, 7) is 0.654. The minimum atomic E-state index is -3.72. The van der Waals surface area contributed by atoms with Gasteiger partial charge >= 0.3 is 6.03 Å². The van der Waals surface area contributed by atoms with Gasteiger partial charge in [0.15, 0.2) is 0 Å². The number of nitrogens with zero attached hydrogens (tertiary/aromatic N) is 1. The number of para-hydroxylation sites is 1. The summed E-state index contributed by atoms with van der Waals surface area (Å²) in [6, 6.07) is 13.3. The molecule has 0 radical (unpaired) electrons. The lowest BCUT2D eigenvalue weighted by Crippen LogP contribution is -2.49. The van der Waals surface area contributed by atoms with E-state index in [0.29, 0.717) is 37.2 Å². The number of aryl methyl sites for hydroxylation is 1. The largest absolute Gasteiger partial charge is 0.336 e. The number of sulfonamides is 1. The highest BCUT2D eigenvalue weighted by Crippen LogP contribution is 2.30. The third-order valence-corrected chi connectivity index (χ3v) is 7.63. The number of urea groups is 1. The molecule has 0 saturated carbocycles. The second kappa shape index (κ2) is 9.07. The van der Waals surface area contributed by atoms with Gasteiger partial charge in [-0.25, -0.2) is 13.2 Å². The molecular formula is C22H26N4O4S. The minimum absolute atomic E-state index is 0.0564. The van der Waals surface area contributed by atoms with Gasteiger partial charge in [0, 0.05) is 36.9 Å². The molecule has 1 saturated heterocycles. The first-order valence-corrected chi connectivity index (χ1v) is 11.9. The summed E-state index contributed by atoms with van der Waals surface area (Å²) in [7, 11) is -3.72. The number of amides is 3. The summed E-state index contributed by atoms with van der Waals surface area (Å²) in [4.78, 5) is 24.0. The van der Waals surface area contributed by atoms with E-state index in [0.717, 1.165) is 18.4 Å². The van der Waals surface area contributed by atoms with Gasteiger partial charge in [-0.1, -0.05) is 24.6 Å². The summed E-state index contributed by atoms with van der Waals surface area (Å²) in [5.41, 5.74) is 2.17. The van der Waals surface area contributed by atoms with E-state index >= 15 is 0 Å². The van der Waals surface area contributed by atoms with Crippen molar-refractivity contribution in [1.29, 1.82) is 0 Å². The van der Waals surface area contributed by atoms with E-state index in [1.165, 1.54) is 4.31 Å². The number of nitrogens with one attached hydrogen (secondary N) is 3. The van der Waals surface area contributed by atoms with E-state index in [2.05, 4.69) is 16.0 Å². The molecular weight excluding hydrogens is 416 g/mol. The number of anilines is 2. The third kappa shape index (κ3) is 4.88. The van der Waals surface area contributed by atoms with E-state index in [-0.39, 0.29) is 29.4 Å². The van der Waals surface area contributed by atoms with Crippen LogP contribution in [0.3, 0.4) is 0 Å². The molecule has 8 nitrogen and oxygen atoms in total.